The van der Waals surface area contributed by atoms with Crippen molar-refractivity contribution in [2.75, 3.05) is 6.54 Å². The van der Waals surface area contributed by atoms with Crippen molar-refractivity contribution in [1.29, 1.82) is 0 Å². The number of nitrogens with two attached hydrogens (primary N) is 1. The van der Waals surface area contributed by atoms with Crippen LogP contribution in [0.5, 0.6) is 0 Å². The maximum absolute atomic E-state index is 12.1. The van der Waals surface area contributed by atoms with E-state index in [2.05, 4.69) is 36.5 Å². The van der Waals surface area contributed by atoms with Gasteiger partial charge in [0, 0.05) is 6.54 Å². The second kappa shape index (κ2) is 7.29. The summed E-state index contributed by atoms with van der Waals surface area (Å²) in [6.45, 7) is 8.59. The van der Waals surface area contributed by atoms with Gasteiger partial charge in [0.2, 0.25) is 5.91 Å². The molecule has 1 rings (SSSR count). The third kappa shape index (κ3) is 4.35. The van der Waals surface area contributed by atoms with Gasteiger partial charge in [-0.3, -0.25) is 4.79 Å². The molecule has 19 heavy (non-hydrogen) atoms. The van der Waals surface area contributed by atoms with Crippen molar-refractivity contribution < 1.29 is 4.79 Å². The normalized spacial score (nSPS) is 14.2. The summed E-state index contributed by atoms with van der Waals surface area (Å²) >= 11 is 0. The lowest BCUT2D eigenvalue weighted by molar-refractivity contribution is -0.126. The van der Waals surface area contributed by atoms with Crippen LogP contribution in [0.3, 0.4) is 0 Å². The molecule has 0 aliphatic carbocycles. The molecule has 3 nitrogen and oxygen atoms in total. The monoisotopic (exact) mass is 262 g/mol. The van der Waals surface area contributed by atoms with Crippen molar-refractivity contribution in [1.82, 2.24) is 5.32 Å². The van der Waals surface area contributed by atoms with Gasteiger partial charge in [-0.15, -0.1) is 0 Å². The van der Waals surface area contributed by atoms with Crippen LogP contribution in [0.4, 0.5) is 0 Å². The molecule has 0 spiro atoms. The lowest BCUT2D eigenvalue weighted by atomic mass is 9.94. The van der Waals surface area contributed by atoms with Gasteiger partial charge in [-0.2, -0.15) is 0 Å². The molecule has 0 heterocycles. The van der Waals surface area contributed by atoms with Gasteiger partial charge in [-0.1, -0.05) is 45.0 Å². The number of benzene rings is 1. The summed E-state index contributed by atoms with van der Waals surface area (Å²) in [5.41, 5.74) is 8.11. The molecule has 1 aromatic carbocycles. The first-order valence-corrected chi connectivity index (χ1v) is 7.08. The van der Waals surface area contributed by atoms with Crippen molar-refractivity contribution >= 4 is 5.91 Å². The summed E-state index contributed by atoms with van der Waals surface area (Å²) in [6.07, 6.45) is 1.03. The van der Waals surface area contributed by atoms with Crippen LogP contribution in [0.15, 0.2) is 24.3 Å². The predicted octanol–water partition coefficient (Wildman–Crippen LogP) is 2.66. The smallest absolute Gasteiger partial charge is 0.225 e. The van der Waals surface area contributed by atoms with E-state index in [1.807, 2.05) is 20.8 Å². The third-order valence-corrected chi connectivity index (χ3v) is 3.64. The van der Waals surface area contributed by atoms with Gasteiger partial charge in [0.05, 0.1) is 12.0 Å². The van der Waals surface area contributed by atoms with Crippen LogP contribution in [-0.2, 0) is 11.2 Å². The molecule has 2 unspecified atom stereocenters. The Labute approximate surface area is 116 Å². The van der Waals surface area contributed by atoms with Crippen LogP contribution >= 0.6 is 0 Å². The SMILES string of the molecule is CCc1ccc(C(C)NC(=O)C(CN)C(C)C)cc1. The molecule has 0 fully saturated rings. The number of hydrogen-bond acceptors (Lipinski definition) is 2. The number of amides is 1. The Morgan fingerprint density at radius 1 is 1.21 bits per heavy atom. The van der Waals surface area contributed by atoms with E-state index in [0.717, 1.165) is 12.0 Å². The van der Waals surface area contributed by atoms with Crippen molar-refractivity contribution in [3.8, 4) is 0 Å². The molecule has 2 atom stereocenters. The van der Waals surface area contributed by atoms with E-state index in [1.54, 1.807) is 0 Å². The highest BCUT2D eigenvalue weighted by Crippen LogP contribution is 2.16. The second-order valence-electron chi connectivity index (χ2n) is 5.41. The zero-order chi connectivity index (χ0) is 14.4. The molecule has 0 bridgehead atoms. The molecule has 1 amide bonds. The Kier molecular flexibility index (Phi) is 6.03. The zero-order valence-corrected chi connectivity index (χ0v) is 12.4. The minimum absolute atomic E-state index is 0.0196. The van der Waals surface area contributed by atoms with Gasteiger partial charge in [0.15, 0.2) is 0 Å². The van der Waals surface area contributed by atoms with Gasteiger partial charge in [0.1, 0.15) is 0 Å². The van der Waals surface area contributed by atoms with Crippen LogP contribution < -0.4 is 11.1 Å². The Morgan fingerprint density at radius 3 is 2.21 bits per heavy atom. The molecular weight excluding hydrogens is 236 g/mol. The van der Waals surface area contributed by atoms with E-state index in [-0.39, 0.29) is 23.8 Å². The van der Waals surface area contributed by atoms with Gasteiger partial charge in [-0.05, 0) is 30.4 Å². The lowest BCUT2D eigenvalue weighted by Gasteiger charge is -2.22. The van der Waals surface area contributed by atoms with E-state index in [9.17, 15) is 4.79 Å². The summed E-state index contributed by atoms with van der Waals surface area (Å²) in [6, 6.07) is 8.40. The molecule has 0 saturated heterocycles. The highest BCUT2D eigenvalue weighted by Gasteiger charge is 2.22. The number of aryl methyl sites for hydroxylation is 1. The fourth-order valence-electron chi connectivity index (χ4n) is 2.13. The summed E-state index contributed by atoms with van der Waals surface area (Å²) in [7, 11) is 0. The molecule has 3 heteroatoms. The maximum atomic E-state index is 12.1. The Balaban J connectivity index is 2.67. The predicted molar refractivity (Wildman–Crippen MR) is 79.8 cm³/mol. The minimum Gasteiger partial charge on any atom is -0.349 e. The molecule has 0 saturated carbocycles. The number of carbonyl (C=O) groups is 1. The highest BCUT2D eigenvalue weighted by atomic mass is 16.2. The van der Waals surface area contributed by atoms with Crippen LogP contribution in [0.25, 0.3) is 0 Å². The number of rotatable bonds is 6. The summed E-state index contributed by atoms with van der Waals surface area (Å²) < 4.78 is 0. The zero-order valence-electron chi connectivity index (χ0n) is 12.4. The molecule has 3 N–H and O–H groups in total. The fraction of sp³-hybridized carbons (Fsp3) is 0.562. The third-order valence-electron chi connectivity index (χ3n) is 3.64. The van der Waals surface area contributed by atoms with Crippen molar-refractivity contribution in [2.24, 2.45) is 17.6 Å². The van der Waals surface area contributed by atoms with Crippen LogP contribution in [0.1, 0.15) is 44.9 Å². The Hall–Kier alpha value is -1.35. The second-order valence-corrected chi connectivity index (χ2v) is 5.41. The minimum atomic E-state index is -0.114. The molecular formula is C16H26N2O. The van der Waals surface area contributed by atoms with Crippen molar-refractivity contribution in [2.45, 2.75) is 40.2 Å². The largest absolute Gasteiger partial charge is 0.349 e. The van der Waals surface area contributed by atoms with E-state index >= 15 is 0 Å². The highest BCUT2D eigenvalue weighted by molar-refractivity contribution is 5.79. The van der Waals surface area contributed by atoms with Gasteiger partial charge in [-0.25, -0.2) is 0 Å². The van der Waals surface area contributed by atoms with Crippen molar-refractivity contribution in [3.05, 3.63) is 35.4 Å². The molecule has 0 radical (unpaired) electrons. The molecule has 0 aromatic heterocycles. The van der Waals surface area contributed by atoms with Crippen LogP contribution in [-0.4, -0.2) is 12.5 Å². The standard InChI is InChI=1S/C16H26N2O/c1-5-13-6-8-14(9-7-13)12(4)18-16(19)15(10-17)11(2)3/h6-9,11-12,15H,5,10,17H2,1-4H3,(H,18,19). The lowest BCUT2D eigenvalue weighted by Crippen LogP contribution is -2.39. The quantitative estimate of drug-likeness (QED) is 0.828. The van der Waals surface area contributed by atoms with Gasteiger partial charge >= 0.3 is 0 Å². The summed E-state index contributed by atoms with van der Waals surface area (Å²) in [4.78, 5) is 12.1. The van der Waals surface area contributed by atoms with E-state index in [0.29, 0.717) is 6.54 Å². The number of carbonyl (C=O) groups excluding carboxylic acids is 1. The average Bonchev–Trinajstić information content (AvgIpc) is 2.39. The Bertz CT molecular complexity index is 398. The number of hydrogen-bond donors (Lipinski definition) is 2. The molecule has 106 valence electrons. The fourth-order valence-corrected chi connectivity index (χ4v) is 2.13. The molecule has 0 aliphatic heterocycles. The van der Waals surface area contributed by atoms with Gasteiger partial charge < -0.3 is 11.1 Å². The van der Waals surface area contributed by atoms with Crippen LogP contribution in [0, 0.1) is 11.8 Å². The Morgan fingerprint density at radius 2 is 1.79 bits per heavy atom. The first kappa shape index (κ1) is 15.7. The molecule has 1 aromatic rings. The van der Waals surface area contributed by atoms with Crippen LogP contribution in [0.2, 0.25) is 0 Å². The topological polar surface area (TPSA) is 55.1 Å². The summed E-state index contributed by atoms with van der Waals surface area (Å²) in [5, 5.41) is 3.05. The average molecular weight is 262 g/mol. The van der Waals surface area contributed by atoms with Gasteiger partial charge in [0.25, 0.3) is 0 Å². The first-order chi connectivity index (χ1) is 8.99. The number of nitrogens with one attached hydrogen (secondary N) is 1. The molecule has 0 aliphatic rings. The van der Waals surface area contributed by atoms with E-state index in [4.69, 9.17) is 5.73 Å². The van der Waals surface area contributed by atoms with E-state index < -0.39 is 0 Å². The first-order valence-electron chi connectivity index (χ1n) is 7.08. The van der Waals surface area contributed by atoms with Crippen molar-refractivity contribution in [3.63, 3.8) is 0 Å². The van der Waals surface area contributed by atoms with E-state index in [1.165, 1.54) is 5.56 Å². The summed E-state index contributed by atoms with van der Waals surface area (Å²) in [5.74, 6) is 0.196. The maximum Gasteiger partial charge on any atom is 0.225 e.